The van der Waals surface area contributed by atoms with Crippen LogP contribution >= 0.6 is 0 Å². The van der Waals surface area contributed by atoms with E-state index in [2.05, 4.69) is 33.8 Å². The number of aromatic nitrogens is 3. The maximum absolute atomic E-state index is 10.1. The van der Waals surface area contributed by atoms with Crippen LogP contribution in [0.25, 0.3) is 28.1 Å². The Morgan fingerprint density at radius 3 is 2.19 bits per heavy atom. The molecule has 5 rings (SSSR count). The zero-order chi connectivity index (χ0) is 20.8. The fraction of sp³-hybridized carbons (Fsp3) is 0. The van der Waals surface area contributed by atoms with Gasteiger partial charge >= 0.3 is 5.97 Å². The average Bonchev–Trinajstić information content (AvgIpc) is 3.21. The molecule has 0 unspecified atom stereocenters. The second kappa shape index (κ2) is 10.4. The van der Waals surface area contributed by atoms with Gasteiger partial charge in [-0.05, 0) is 36.4 Å². The van der Waals surface area contributed by atoms with Crippen LogP contribution in [-0.4, -0.2) is 25.6 Å². The van der Waals surface area contributed by atoms with Crippen molar-refractivity contribution in [2.45, 2.75) is 0 Å². The molecular formula is C25H18IrN3O2-. The summed E-state index contributed by atoms with van der Waals surface area (Å²) in [5.74, 6) is -0.0707. The van der Waals surface area contributed by atoms with Crippen LogP contribution in [0.1, 0.15) is 10.5 Å². The molecule has 1 radical (unpaired) electrons. The third-order valence-electron chi connectivity index (χ3n) is 4.41. The van der Waals surface area contributed by atoms with E-state index in [0.29, 0.717) is 0 Å². The maximum atomic E-state index is 10.1. The number of nitrogens with zero attached hydrogens (tertiary/aromatic N) is 3. The van der Waals surface area contributed by atoms with Gasteiger partial charge in [0.05, 0.1) is 16.9 Å². The van der Waals surface area contributed by atoms with Crippen LogP contribution in [0.2, 0.25) is 0 Å². The molecule has 0 bridgehead atoms. The van der Waals surface area contributed by atoms with Crippen molar-refractivity contribution < 1.29 is 30.0 Å². The molecule has 6 heteroatoms. The maximum Gasteiger partial charge on any atom is 0.354 e. The first kappa shape index (κ1) is 22.1. The van der Waals surface area contributed by atoms with E-state index in [9.17, 15) is 4.79 Å². The molecule has 31 heavy (non-hydrogen) atoms. The van der Waals surface area contributed by atoms with Crippen LogP contribution in [-0.2, 0) is 20.1 Å². The van der Waals surface area contributed by atoms with Crippen LogP contribution < -0.4 is 0 Å². The van der Waals surface area contributed by atoms with Gasteiger partial charge in [0.2, 0.25) is 0 Å². The number of aromatic carboxylic acids is 1. The van der Waals surface area contributed by atoms with Crippen molar-refractivity contribution in [3.63, 3.8) is 0 Å². The molecule has 0 fully saturated rings. The monoisotopic (exact) mass is 585 g/mol. The Kier molecular flexibility index (Phi) is 7.44. The van der Waals surface area contributed by atoms with Gasteiger partial charge in [0, 0.05) is 32.0 Å². The Hall–Kier alpha value is -3.60. The van der Waals surface area contributed by atoms with Crippen LogP contribution in [0.4, 0.5) is 0 Å². The summed E-state index contributed by atoms with van der Waals surface area (Å²) in [4.78, 5) is 18.5. The summed E-state index contributed by atoms with van der Waals surface area (Å²) in [6.07, 6.45) is 1.45. The number of rotatable bonds is 3. The van der Waals surface area contributed by atoms with Crippen LogP contribution in [0, 0.1) is 6.07 Å². The van der Waals surface area contributed by atoms with Crippen molar-refractivity contribution in [3.05, 3.63) is 115 Å². The van der Waals surface area contributed by atoms with E-state index in [4.69, 9.17) is 10.1 Å². The molecule has 0 spiro atoms. The van der Waals surface area contributed by atoms with Crippen molar-refractivity contribution in [2.24, 2.45) is 0 Å². The number of carboxylic acids is 1. The Morgan fingerprint density at radius 2 is 1.55 bits per heavy atom. The molecule has 0 aliphatic carbocycles. The molecule has 5 aromatic rings. The van der Waals surface area contributed by atoms with E-state index in [1.165, 1.54) is 12.3 Å². The number of carboxylic acid groups (broad SMARTS) is 1. The van der Waals surface area contributed by atoms with E-state index in [0.717, 1.165) is 28.1 Å². The Balaban J connectivity index is 0.000000232. The van der Waals surface area contributed by atoms with Gasteiger partial charge < -0.3 is 9.67 Å². The number of hydrogen-bond acceptors (Lipinski definition) is 3. The van der Waals surface area contributed by atoms with Crippen molar-refractivity contribution in [1.82, 2.24) is 14.5 Å². The summed E-state index contributed by atoms with van der Waals surface area (Å²) >= 11 is 0. The quantitative estimate of drug-likeness (QED) is 0.294. The molecular weight excluding hydrogens is 567 g/mol. The molecule has 0 aliphatic rings. The number of fused-ring (bicyclic) bond motifs is 1. The van der Waals surface area contributed by atoms with E-state index in [1.54, 1.807) is 12.1 Å². The van der Waals surface area contributed by atoms with Crippen molar-refractivity contribution in [3.8, 4) is 17.1 Å². The van der Waals surface area contributed by atoms with Crippen molar-refractivity contribution in [1.29, 1.82) is 0 Å². The molecule has 2 heterocycles. The van der Waals surface area contributed by atoms with Gasteiger partial charge in [-0.3, -0.25) is 4.98 Å². The third kappa shape index (κ3) is 5.12. The molecule has 2 aromatic heterocycles. The second-order valence-electron chi connectivity index (χ2n) is 6.39. The van der Waals surface area contributed by atoms with Gasteiger partial charge in [0.25, 0.3) is 0 Å². The van der Waals surface area contributed by atoms with E-state index >= 15 is 0 Å². The molecule has 0 amide bonds. The fourth-order valence-corrected chi connectivity index (χ4v) is 3.07. The summed E-state index contributed by atoms with van der Waals surface area (Å²) < 4.78 is 2.18. The minimum Gasteiger partial charge on any atom is -0.477 e. The van der Waals surface area contributed by atoms with E-state index < -0.39 is 5.97 Å². The molecule has 1 N–H and O–H groups in total. The minimum absolute atomic E-state index is 0. The first-order valence-corrected chi connectivity index (χ1v) is 9.38. The summed E-state index contributed by atoms with van der Waals surface area (Å²) in [5, 5.41) is 8.32. The van der Waals surface area contributed by atoms with Gasteiger partial charge in [0.1, 0.15) is 5.69 Å². The van der Waals surface area contributed by atoms with E-state index in [-0.39, 0.29) is 25.8 Å². The first-order valence-electron chi connectivity index (χ1n) is 9.38. The van der Waals surface area contributed by atoms with Crippen LogP contribution in [0.15, 0.2) is 103 Å². The number of benzene rings is 3. The van der Waals surface area contributed by atoms with Gasteiger partial charge in [-0.2, -0.15) is 0 Å². The minimum atomic E-state index is -0.990. The number of imidazole rings is 1. The Bertz CT molecular complexity index is 1260. The first-order chi connectivity index (χ1) is 14.7. The molecule has 0 saturated heterocycles. The number of pyridine rings is 1. The summed E-state index contributed by atoms with van der Waals surface area (Å²) in [6, 6.07) is 34.5. The molecule has 5 nitrogen and oxygen atoms in total. The SMILES string of the molecule is O=C(O)c1ccccn1.[Ir].[c-]1ccccc1-c1nc2ccccc2n1-c1ccccc1. The predicted octanol–water partition coefficient (Wildman–Crippen LogP) is 5.27. The Morgan fingerprint density at radius 1 is 0.839 bits per heavy atom. The molecule has 0 saturated carbocycles. The zero-order valence-corrected chi connectivity index (χ0v) is 18.7. The summed E-state index contributed by atoms with van der Waals surface area (Å²) in [5.41, 5.74) is 4.29. The van der Waals surface area contributed by atoms with E-state index in [1.807, 2.05) is 60.7 Å². The summed E-state index contributed by atoms with van der Waals surface area (Å²) in [7, 11) is 0. The smallest absolute Gasteiger partial charge is 0.354 e. The fourth-order valence-electron chi connectivity index (χ4n) is 3.07. The largest absolute Gasteiger partial charge is 0.477 e. The third-order valence-corrected chi connectivity index (χ3v) is 4.41. The van der Waals surface area contributed by atoms with Crippen LogP contribution in [0.5, 0.6) is 0 Å². The Labute approximate surface area is 193 Å². The molecule has 0 aliphatic heterocycles. The number of carbonyl (C=O) groups is 1. The van der Waals surface area contributed by atoms with Gasteiger partial charge in [0.15, 0.2) is 0 Å². The predicted molar refractivity (Wildman–Crippen MR) is 117 cm³/mol. The topological polar surface area (TPSA) is 68.0 Å². The zero-order valence-electron chi connectivity index (χ0n) is 16.3. The average molecular weight is 585 g/mol. The van der Waals surface area contributed by atoms with Gasteiger partial charge in [-0.25, -0.2) is 9.78 Å². The number of hydrogen-bond donors (Lipinski definition) is 1. The molecule has 3 aromatic carbocycles. The molecule has 155 valence electrons. The standard InChI is InChI=1S/C19H13N2.C6H5NO2.Ir/c1-3-9-15(10-4-1)19-20-17-13-7-8-14-18(17)21(19)16-11-5-2-6-12-16;8-6(9)5-3-1-2-4-7-5;/h1-9,11-14H;1-4H,(H,8,9);/q-1;;. The second-order valence-corrected chi connectivity index (χ2v) is 6.39. The number of para-hydroxylation sites is 3. The van der Waals surface area contributed by atoms with Crippen LogP contribution in [0.3, 0.4) is 0 Å². The van der Waals surface area contributed by atoms with Gasteiger partial charge in [-0.15, -0.1) is 35.9 Å². The normalized spacial score (nSPS) is 9.94. The van der Waals surface area contributed by atoms with Gasteiger partial charge in [-0.1, -0.05) is 36.4 Å². The van der Waals surface area contributed by atoms with Crippen molar-refractivity contribution >= 4 is 17.0 Å². The molecule has 0 atom stereocenters. The van der Waals surface area contributed by atoms with Crippen molar-refractivity contribution in [2.75, 3.05) is 0 Å². The summed E-state index contributed by atoms with van der Waals surface area (Å²) in [6.45, 7) is 0.